The van der Waals surface area contributed by atoms with Crippen molar-refractivity contribution in [2.45, 2.75) is 13.5 Å². The Morgan fingerprint density at radius 3 is 2.69 bits per heavy atom. The molecule has 186 valence electrons. The molecular weight excluding hydrogens is 547 g/mol. The van der Waals surface area contributed by atoms with E-state index in [-0.39, 0.29) is 28.8 Å². The number of carbonyl (C=O) groups is 2. The fourth-order valence-corrected chi connectivity index (χ4v) is 5.15. The molecule has 0 saturated heterocycles. The summed E-state index contributed by atoms with van der Waals surface area (Å²) in [5.41, 5.74) is 0.841. The molecule has 0 atom stereocenters. The summed E-state index contributed by atoms with van der Waals surface area (Å²) in [7, 11) is 1.46. The van der Waals surface area contributed by atoms with Crippen LogP contribution < -0.4 is 15.1 Å². The van der Waals surface area contributed by atoms with E-state index in [2.05, 4.69) is 15.6 Å². The number of amides is 2. The minimum absolute atomic E-state index is 0.100. The van der Waals surface area contributed by atoms with Gasteiger partial charge in [-0.05, 0) is 41.9 Å². The number of methoxy groups -OCH3 is 1. The zero-order valence-corrected chi connectivity index (χ0v) is 22.0. The first-order valence-corrected chi connectivity index (χ1v) is 12.7. The molecule has 0 aliphatic rings. The number of aromatic hydroxyl groups is 1. The van der Waals surface area contributed by atoms with E-state index in [0.29, 0.717) is 37.0 Å². The zero-order chi connectivity index (χ0) is 25.8. The van der Waals surface area contributed by atoms with Crippen LogP contribution in [0.2, 0.25) is 10.0 Å². The molecule has 0 spiro atoms. The second kappa shape index (κ2) is 11.1. The van der Waals surface area contributed by atoms with Gasteiger partial charge in [-0.1, -0.05) is 29.3 Å². The standard InChI is InChI=1S/C23H18Cl2N4O5S2/c1-3-27-29(16-11-35-21(20(16)30)12-4-5-14(24)15(25)8-12)23(32)18-7-6-17(36-18)22(31)26-10-13-9-19(33-2)28-34-13/h3-9,11,30H,10H2,1-2H3,(H,26,31). The number of hydrogen-bond donors (Lipinski definition) is 2. The Morgan fingerprint density at radius 2 is 2.00 bits per heavy atom. The van der Waals surface area contributed by atoms with Gasteiger partial charge in [-0.2, -0.15) is 10.1 Å². The minimum atomic E-state index is -0.508. The molecule has 0 radical (unpaired) electrons. The number of nitrogens with zero attached hydrogens (tertiary/aromatic N) is 3. The van der Waals surface area contributed by atoms with Crippen molar-refractivity contribution in [2.75, 3.05) is 12.1 Å². The SMILES string of the molecule is CC=NN(C(=O)c1ccc(C(=O)NCc2cc(OC)no2)s1)c1csc(-c2ccc(Cl)c(Cl)c2)c1O. The molecule has 0 bridgehead atoms. The first-order valence-electron chi connectivity index (χ1n) is 10.3. The average molecular weight is 565 g/mol. The Bertz CT molecular complexity index is 1450. The summed E-state index contributed by atoms with van der Waals surface area (Å²) in [6.45, 7) is 1.75. The predicted molar refractivity (Wildman–Crippen MR) is 141 cm³/mol. The lowest BCUT2D eigenvalue weighted by atomic mass is 10.1. The van der Waals surface area contributed by atoms with E-state index in [1.807, 2.05) is 0 Å². The first-order chi connectivity index (χ1) is 17.3. The van der Waals surface area contributed by atoms with Crippen LogP contribution in [0.25, 0.3) is 10.4 Å². The second-order valence-electron chi connectivity index (χ2n) is 7.10. The molecule has 0 aliphatic carbocycles. The van der Waals surface area contributed by atoms with Crippen molar-refractivity contribution < 1.29 is 24.0 Å². The van der Waals surface area contributed by atoms with Gasteiger partial charge in [0.25, 0.3) is 17.7 Å². The number of benzene rings is 1. The van der Waals surface area contributed by atoms with Crippen LogP contribution in [0.15, 0.2) is 51.4 Å². The van der Waals surface area contributed by atoms with Crippen molar-refractivity contribution in [3.63, 3.8) is 0 Å². The number of thiophene rings is 2. The average Bonchev–Trinajstić information content (AvgIpc) is 3.62. The Hall–Kier alpha value is -3.38. The Morgan fingerprint density at radius 1 is 1.22 bits per heavy atom. The minimum Gasteiger partial charge on any atom is -0.504 e. The van der Waals surface area contributed by atoms with Gasteiger partial charge in [0.2, 0.25) is 0 Å². The Kier molecular flexibility index (Phi) is 7.94. The van der Waals surface area contributed by atoms with Gasteiger partial charge in [0.15, 0.2) is 11.5 Å². The molecule has 0 unspecified atom stereocenters. The molecule has 2 amide bonds. The van der Waals surface area contributed by atoms with Crippen LogP contribution >= 0.6 is 45.9 Å². The van der Waals surface area contributed by atoms with E-state index in [1.165, 1.54) is 36.8 Å². The first kappa shape index (κ1) is 25.7. The molecule has 13 heteroatoms. The summed E-state index contributed by atoms with van der Waals surface area (Å²) in [5.74, 6) is -0.304. The third kappa shape index (κ3) is 5.39. The number of rotatable bonds is 8. The largest absolute Gasteiger partial charge is 0.504 e. The molecule has 0 saturated carbocycles. The molecule has 36 heavy (non-hydrogen) atoms. The molecule has 0 fully saturated rings. The summed E-state index contributed by atoms with van der Waals surface area (Å²) < 4.78 is 9.99. The van der Waals surface area contributed by atoms with Crippen LogP contribution in [0.1, 0.15) is 32.0 Å². The van der Waals surface area contributed by atoms with Gasteiger partial charge in [-0.3, -0.25) is 9.59 Å². The number of ether oxygens (including phenoxy) is 1. The Balaban J connectivity index is 1.53. The second-order valence-corrected chi connectivity index (χ2v) is 9.88. The fourth-order valence-electron chi connectivity index (χ4n) is 3.08. The van der Waals surface area contributed by atoms with Gasteiger partial charge in [-0.15, -0.1) is 22.7 Å². The molecule has 3 aromatic heterocycles. The van der Waals surface area contributed by atoms with Gasteiger partial charge in [0, 0.05) is 17.7 Å². The molecule has 4 rings (SSSR count). The summed E-state index contributed by atoms with van der Waals surface area (Å²) in [5, 5.41) is 24.9. The van der Waals surface area contributed by atoms with Crippen LogP contribution in [0.3, 0.4) is 0 Å². The van der Waals surface area contributed by atoms with Gasteiger partial charge < -0.3 is 19.7 Å². The number of hydrazone groups is 1. The third-order valence-electron chi connectivity index (χ3n) is 4.79. The molecular formula is C23H18Cl2N4O5S2. The lowest BCUT2D eigenvalue weighted by Crippen LogP contribution is -2.24. The van der Waals surface area contributed by atoms with E-state index in [0.717, 1.165) is 16.3 Å². The predicted octanol–water partition coefficient (Wildman–Crippen LogP) is 6.07. The van der Waals surface area contributed by atoms with Crippen molar-refractivity contribution in [3.05, 3.63) is 67.3 Å². The van der Waals surface area contributed by atoms with Crippen molar-refractivity contribution in [1.82, 2.24) is 10.5 Å². The fraction of sp³-hybridized carbons (Fsp3) is 0.130. The highest BCUT2D eigenvalue weighted by Gasteiger charge is 2.26. The number of hydrogen-bond acceptors (Lipinski definition) is 9. The van der Waals surface area contributed by atoms with Crippen molar-refractivity contribution >= 4 is 69.6 Å². The Labute approximate surface area is 223 Å². The molecule has 1 aromatic carbocycles. The van der Waals surface area contributed by atoms with Crippen LogP contribution in [0.4, 0.5) is 5.69 Å². The van der Waals surface area contributed by atoms with E-state index in [9.17, 15) is 14.7 Å². The van der Waals surface area contributed by atoms with Gasteiger partial charge in [0.1, 0.15) is 5.69 Å². The number of halogens is 2. The lowest BCUT2D eigenvalue weighted by molar-refractivity contribution is 0.0950. The highest BCUT2D eigenvalue weighted by molar-refractivity contribution is 7.16. The van der Waals surface area contributed by atoms with Crippen LogP contribution in [-0.2, 0) is 6.54 Å². The molecule has 2 N–H and O–H groups in total. The normalized spacial score (nSPS) is 11.1. The lowest BCUT2D eigenvalue weighted by Gasteiger charge is -2.15. The summed E-state index contributed by atoms with van der Waals surface area (Å²) in [6.07, 6.45) is 1.43. The molecule has 0 aliphatic heterocycles. The van der Waals surface area contributed by atoms with Gasteiger partial charge in [0.05, 0.1) is 38.3 Å². The smallest absolute Gasteiger partial charge is 0.288 e. The van der Waals surface area contributed by atoms with E-state index >= 15 is 0 Å². The number of anilines is 1. The number of nitrogens with one attached hydrogen (secondary N) is 1. The van der Waals surface area contributed by atoms with Crippen LogP contribution in [-0.4, -0.2) is 35.4 Å². The maximum atomic E-state index is 13.3. The zero-order valence-electron chi connectivity index (χ0n) is 18.8. The molecule has 4 aromatic rings. The van der Waals surface area contributed by atoms with E-state index in [4.69, 9.17) is 32.5 Å². The van der Waals surface area contributed by atoms with Crippen molar-refractivity contribution in [1.29, 1.82) is 0 Å². The van der Waals surface area contributed by atoms with Crippen LogP contribution in [0, 0.1) is 0 Å². The van der Waals surface area contributed by atoms with E-state index < -0.39 is 5.91 Å². The summed E-state index contributed by atoms with van der Waals surface area (Å²) >= 11 is 14.3. The maximum Gasteiger partial charge on any atom is 0.288 e. The molecule has 9 nitrogen and oxygen atoms in total. The van der Waals surface area contributed by atoms with Crippen molar-refractivity contribution in [3.8, 4) is 22.1 Å². The number of aromatic nitrogens is 1. The van der Waals surface area contributed by atoms with Gasteiger partial charge in [-0.25, -0.2) is 0 Å². The van der Waals surface area contributed by atoms with Crippen LogP contribution in [0.5, 0.6) is 11.6 Å². The monoisotopic (exact) mass is 564 g/mol. The highest BCUT2D eigenvalue weighted by atomic mass is 35.5. The maximum absolute atomic E-state index is 13.3. The number of carbonyl (C=O) groups excluding carboxylic acids is 2. The van der Waals surface area contributed by atoms with Crippen molar-refractivity contribution in [2.24, 2.45) is 5.10 Å². The third-order valence-corrected chi connectivity index (χ3v) is 7.61. The quantitative estimate of drug-likeness (QED) is 0.198. The molecule has 3 heterocycles. The topological polar surface area (TPSA) is 117 Å². The summed E-state index contributed by atoms with van der Waals surface area (Å²) in [6, 6.07) is 9.61. The highest BCUT2D eigenvalue weighted by Crippen LogP contribution is 2.45. The summed E-state index contributed by atoms with van der Waals surface area (Å²) in [4.78, 5) is 26.9. The van der Waals surface area contributed by atoms with E-state index in [1.54, 1.807) is 36.6 Å². The van der Waals surface area contributed by atoms with Gasteiger partial charge >= 0.3 is 0 Å².